The van der Waals surface area contributed by atoms with Crippen LogP contribution in [0.3, 0.4) is 0 Å². The van der Waals surface area contributed by atoms with Gasteiger partial charge in [-0.25, -0.2) is 4.39 Å². The average molecular weight is 643 g/mol. The quantitative estimate of drug-likeness (QED) is 0.291. The summed E-state index contributed by atoms with van der Waals surface area (Å²) in [4.78, 5) is 39.0. The topological polar surface area (TPSA) is 109 Å². The number of hydrogen-bond donors (Lipinski definition) is 1. The molecule has 4 aliphatic rings. The van der Waals surface area contributed by atoms with Crippen molar-refractivity contribution in [2.75, 3.05) is 13.1 Å². The Bertz CT molecular complexity index is 1770. The molecule has 1 aromatic heterocycles. The van der Waals surface area contributed by atoms with Crippen molar-refractivity contribution in [2.45, 2.75) is 64.7 Å². The molecule has 2 amide bonds. The highest BCUT2D eigenvalue weighted by Crippen LogP contribution is 2.35. The molecular formula is C34H35FN6O4S. The predicted octanol–water partition coefficient (Wildman–Crippen LogP) is 5.86. The molecule has 12 heteroatoms. The number of hydrogen-bond acceptors (Lipinski definition) is 9. The minimum Gasteiger partial charge on any atom is -0.457 e. The van der Waals surface area contributed by atoms with Gasteiger partial charge in [0.05, 0.1) is 0 Å². The zero-order valence-corrected chi connectivity index (χ0v) is 26.8. The molecule has 2 saturated heterocycles. The summed E-state index contributed by atoms with van der Waals surface area (Å²) in [6.45, 7) is 6.83. The lowest BCUT2D eigenvalue weighted by molar-refractivity contribution is -0.129. The summed E-state index contributed by atoms with van der Waals surface area (Å²) in [5.74, 6) is 2.68. The van der Waals surface area contributed by atoms with Crippen molar-refractivity contribution in [1.82, 2.24) is 25.5 Å². The Morgan fingerprint density at radius 3 is 2.57 bits per heavy atom. The molecule has 1 aliphatic carbocycles. The SMILES string of the molecule is CC1CC(=O)N(Cc2ccc(C3=NC(=C=CC4CC(=O)N(C5CC5)C4)NO3)cc2Oc2ccc(-c3nnc(C(C)(C)F)s3)cc2)C1. The molecule has 10 nitrogen and oxygen atoms in total. The summed E-state index contributed by atoms with van der Waals surface area (Å²) in [5, 5.41) is 9.10. The monoisotopic (exact) mass is 642 g/mol. The van der Waals surface area contributed by atoms with E-state index in [4.69, 9.17) is 9.57 Å². The first-order valence-electron chi connectivity index (χ1n) is 15.6. The third-order valence-electron chi connectivity index (χ3n) is 8.44. The Hall–Kier alpha value is -4.54. The number of nitrogens with one attached hydrogen (secondary N) is 1. The van der Waals surface area contributed by atoms with Crippen molar-refractivity contribution < 1.29 is 23.6 Å². The summed E-state index contributed by atoms with van der Waals surface area (Å²) < 4.78 is 20.7. The highest BCUT2D eigenvalue weighted by molar-refractivity contribution is 7.14. The maximum Gasteiger partial charge on any atom is 0.255 e. The van der Waals surface area contributed by atoms with E-state index < -0.39 is 5.67 Å². The highest BCUT2D eigenvalue weighted by Gasteiger charge is 2.38. The van der Waals surface area contributed by atoms with Crippen molar-refractivity contribution in [3.63, 3.8) is 0 Å². The fourth-order valence-corrected chi connectivity index (χ4v) is 6.69. The molecule has 3 aliphatic heterocycles. The van der Waals surface area contributed by atoms with Gasteiger partial charge in [-0.1, -0.05) is 30.1 Å². The van der Waals surface area contributed by atoms with Gasteiger partial charge in [0, 0.05) is 61.1 Å². The molecular weight excluding hydrogens is 607 g/mol. The molecule has 1 N–H and O–H groups in total. The van der Waals surface area contributed by atoms with Crippen LogP contribution in [-0.2, 0) is 26.6 Å². The van der Waals surface area contributed by atoms with E-state index in [9.17, 15) is 14.0 Å². The van der Waals surface area contributed by atoms with Gasteiger partial charge in [-0.15, -0.1) is 10.2 Å². The summed E-state index contributed by atoms with van der Waals surface area (Å²) in [6, 6.07) is 13.5. The number of carbonyl (C=O) groups is 2. The van der Waals surface area contributed by atoms with E-state index >= 15 is 0 Å². The number of aliphatic imine (C=N–C) groups is 1. The minimum absolute atomic E-state index is 0.104. The van der Waals surface area contributed by atoms with Crippen LogP contribution in [0, 0.1) is 11.8 Å². The number of halogens is 1. The van der Waals surface area contributed by atoms with Crippen LogP contribution in [0.5, 0.6) is 11.5 Å². The lowest BCUT2D eigenvalue weighted by atomic mass is 10.1. The Kier molecular flexibility index (Phi) is 7.86. The van der Waals surface area contributed by atoms with E-state index in [-0.39, 0.29) is 17.7 Å². The predicted molar refractivity (Wildman–Crippen MR) is 170 cm³/mol. The van der Waals surface area contributed by atoms with Crippen LogP contribution < -0.4 is 10.2 Å². The van der Waals surface area contributed by atoms with Crippen LogP contribution in [0.4, 0.5) is 4.39 Å². The second-order valence-electron chi connectivity index (χ2n) is 12.9. The van der Waals surface area contributed by atoms with Crippen LogP contribution >= 0.6 is 11.3 Å². The number of nitrogens with zero attached hydrogens (tertiary/aromatic N) is 5. The molecule has 7 rings (SSSR count). The van der Waals surface area contributed by atoms with Gasteiger partial charge in [0.25, 0.3) is 5.90 Å². The first-order chi connectivity index (χ1) is 22.1. The molecule has 238 valence electrons. The fourth-order valence-electron chi connectivity index (χ4n) is 5.85. The second-order valence-corrected chi connectivity index (χ2v) is 13.9. The van der Waals surface area contributed by atoms with Crippen LogP contribution in [0.1, 0.15) is 62.6 Å². The van der Waals surface area contributed by atoms with Crippen molar-refractivity contribution in [3.05, 3.63) is 76.2 Å². The van der Waals surface area contributed by atoms with Crippen LogP contribution in [0.15, 0.2) is 65.1 Å². The number of rotatable bonds is 9. The third kappa shape index (κ3) is 6.54. The summed E-state index contributed by atoms with van der Waals surface area (Å²) >= 11 is 1.22. The molecule has 3 aromatic rings. The number of likely N-dealkylation sites (tertiary alicyclic amines) is 2. The van der Waals surface area contributed by atoms with Crippen molar-refractivity contribution in [2.24, 2.45) is 16.8 Å². The molecule has 46 heavy (non-hydrogen) atoms. The van der Waals surface area contributed by atoms with E-state index in [1.54, 1.807) is 0 Å². The van der Waals surface area contributed by atoms with Gasteiger partial charge >= 0.3 is 0 Å². The molecule has 2 aromatic carbocycles. The van der Waals surface area contributed by atoms with Crippen LogP contribution in [0.2, 0.25) is 0 Å². The van der Waals surface area contributed by atoms with Crippen LogP contribution in [-0.4, -0.2) is 56.8 Å². The van der Waals surface area contributed by atoms with Gasteiger partial charge in [-0.3, -0.25) is 9.59 Å². The Labute approximate surface area is 270 Å². The van der Waals surface area contributed by atoms with Crippen molar-refractivity contribution in [3.8, 4) is 22.1 Å². The molecule has 0 radical (unpaired) electrons. The number of benzene rings is 2. The molecule has 2 atom stereocenters. The minimum atomic E-state index is -1.56. The Morgan fingerprint density at radius 1 is 1.09 bits per heavy atom. The van der Waals surface area contributed by atoms with Gasteiger partial charge in [-0.2, -0.15) is 10.5 Å². The molecule has 2 unspecified atom stereocenters. The van der Waals surface area contributed by atoms with Gasteiger partial charge < -0.3 is 19.4 Å². The Balaban J connectivity index is 1.12. The van der Waals surface area contributed by atoms with Gasteiger partial charge in [0.1, 0.15) is 16.5 Å². The first kappa shape index (κ1) is 30.1. The standard InChI is InChI=1S/C34H35FN6O4S/c1-20-14-29(42)40(17-20)19-24-6-5-23(31-36-28(39-45-31)13-4-21-15-30(43)41(18-21)25-9-10-25)16-27(24)44-26-11-7-22(8-12-26)32-37-38-33(46-32)34(2,3)35/h4-8,11-12,16,20-21,25,39H,9-10,14-15,17-19H2,1-3H3. The first-order valence-corrected chi connectivity index (χ1v) is 16.4. The average Bonchev–Trinajstić information content (AvgIpc) is 3.34. The number of amides is 2. The zero-order valence-electron chi connectivity index (χ0n) is 26.0. The zero-order chi connectivity index (χ0) is 32.0. The summed E-state index contributed by atoms with van der Waals surface area (Å²) in [7, 11) is 0. The van der Waals surface area contributed by atoms with Gasteiger partial charge in [0.15, 0.2) is 10.7 Å². The second kappa shape index (κ2) is 12.0. The summed E-state index contributed by atoms with van der Waals surface area (Å²) in [5.41, 5.74) is 6.76. The molecule has 3 fully saturated rings. The maximum absolute atomic E-state index is 14.3. The summed E-state index contributed by atoms with van der Waals surface area (Å²) in [6.07, 6.45) is 5.12. The van der Waals surface area contributed by atoms with E-state index in [0.29, 0.717) is 76.7 Å². The van der Waals surface area contributed by atoms with E-state index in [1.807, 2.05) is 58.3 Å². The van der Waals surface area contributed by atoms with E-state index in [2.05, 4.69) is 33.3 Å². The molecule has 1 saturated carbocycles. The van der Waals surface area contributed by atoms with E-state index in [1.165, 1.54) is 25.2 Å². The third-order valence-corrected chi connectivity index (χ3v) is 9.71. The molecule has 0 bridgehead atoms. The molecule has 0 spiro atoms. The van der Waals surface area contributed by atoms with Crippen molar-refractivity contribution in [1.29, 1.82) is 0 Å². The number of alkyl halides is 1. The van der Waals surface area contributed by atoms with Crippen LogP contribution in [0.25, 0.3) is 10.6 Å². The highest BCUT2D eigenvalue weighted by atomic mass is 32.1. The maximum atomic E-state index is 14.3. The number of aromatic nitrogens is 2. The molecule has 4 heterocycles. The largest absolute Gasteiger partial charge is 0.457 e. The fraction of sp³-hybridized carbons (Fsp3) is 0.412. The normalized spacial score (nSPS) is 21.3. The number of hydroxylamine groups is 1. The Morgan fingerprint density at radius 2 is 1.87 bits per heavy atom. The van der Waals surface area contributed by atoms with Crippen molar-refractivity contribution >= 4 is 29.0 Å². The number of ether oxygens (including phenoxy) is 1. The lowest BCUT2D eigenvalue weighted by Crippen LogP contribution is -2.27. The van der Waals surface area contributed by atoms with Gasteiger partial charge in [0.2, 0.25) is 17.6 Å². The number of carbonyl (C=O) groups excluding carboxylic acids is 2. The smallest absolute Gasteiger partial charge is 0.255 e. The van der Waals surface area contributed by atoms with E-state index in [0.717, 1.165) is 30.5 Å². The lowest BCUT2D eigenvalue weighted by Gasteiger charge is -2.19. The van der Waals surface area contributed by atoms with Gasteiger partial charge in [-0.05, 0) is 75.1 Å².